The molecule has 0 aromatic carbocycles. The first kappa shape index (κ1) is 16.6. The van der Waals surface area contributed by atoms with Gasteiger partial charge in [-0.05, 0) is 56.5 Å². The van der Waals surface area contributed by atoms with Crippen molar-refractivity contribution in [3.63, 3.8) is 0 Å². The van der Waals surface area contributed by atoms with Crippen LogP contribution in [0, 0.1) is 17.8 Å². The van der Waals surface area contributed by atoms with Gasteiger partial charge in [-0.25, -0.2) is 4.79 Å². The number of piperidine rings is 1. The normalized spacial score (nSPS) is 27.3. The van der Waals surface area contributed by atoms with Gasteiger partial charge < -0.3 is 16.0 Å². The van der Waals surface area contributed by atoms with Crippen LogP contribution in [0.2, 0.25) is 0 Å². The van der Waals surface area contributed by atoms with Crippen LogP contribution < -0.4 is 16.0 Å². The van der Waals surface area contributed by atoms with E-state index in [1.54, 1.807) is 0 Å². The molecule has 2 atom stereocenters. The van der Waals surface area contributed by atoms with E-state index in [9.17, 15) is 4.79 Å². The first-order valence-corrected chi connectivity index (χ1v) is 8.98. The van der Waals surface area contributed by atoms with Crippen molar-refractivity contribution in [3.05, 3.63) is 0 Å². The number of hydrogen-bond donors (Lipinski definition) is 3. The zero-order chi connectivity index (χ0) is 14.9. The van der Waals surface area contributed by atoms with Crippen LogP contribution in [-0.4, -0.2) is 32.2 Å². The number of carbonyl (C=O) groups is 1. The third-order valence-electron chi connectivity index (χ3n) is 5.39. The lowest BCUT2D eigenvalue weighted by molar-refractivity contribution is 0.227. The Bertz CT molecular complexity index is 302. The largest absolute Gasteiger partial charge is 0.338 e. The molecule has 1 aliphatic carbocycles. The molecule has 0 aromatic rings. The molecule has 2 aliphatic rings. The molecule has 1 heterocycles. The molecule has 2 fully saturated rings. The Labute approximate surface area is 129 Å². The molecule has 2 unspecified atom stereocenters. The topological polar surface area (TPSA) is 53.2 Å². The number of hydrogen-bond acceptors (Lipinski definition) is 2. The molecule has 1 aliphatic heterocycles. The summed E-state index contributed by atoms with van der Waals surface area (Å²) in [6.45, 7) is 6.28. The highest BCUT2D eigenvalue weighted by Crippen LogP contribution is 2.31. The van der Waals surface area contributed by atoms with E-state index < -0.39 is 0 Å². The van der Waals surface area contributed by atoms with Crippen molar-refractivity contribution in [2.45, 2.75) is 58.3 Å². The lowest BCUT2D eigenvalue weighted by Crippen LogP contribution is -2.38. The van der Waals surface area contributed by atoms with E-state index >= 15 is 0 Å². The highest BCUT2D eigenvalue weighted by atomic mass is 16.2. The van der Waals surface area contributed by atoms with Crippen LogP contribution in [0.1, 0.15) is 58.3 Å². The Kier molecular flexibility index (Phi) is 7.34. The second-order valence-electron chi connectivity index (χ2n) is 6.98. The van der Waals surface area contributed by atoms with Crippen molar-refractivity contribution in [2.24, 2.45) is 17.8 Å². The van der Waals surface area contributed by atoms with Gasteiger partial charge in [0.05, 0.1) is 0 Å². The number of rotatable bonds is 6. The van der Waals surface area contributed by atoms with E-state index in [-0.39, 0.29) is 6.03 Å². The quantitative estimate of drug-likeness (QED) is 0.706. The highest BCUT2D eigenvalue weighted by Gasteiger charge is 2.20. The van der Waals surface area contributed by atoms with Crippen LogP contribution in [0.4, 0.5) is 4.79 Å². The third-order valence-corrected chi connectivity index (χ3v) is 5.39. The van der Waals surface area contributed by atoms with Crippen molar-refractivity contribution in [1.29, 1.82) is 0 Å². The van der Waals surface area contributed by atoms with E-state index in [1.165, 1.54) is 38.5 Å². The number of urea groups is 1. The summed E-state index contributed by atoms with van der Waals surface area (Å²) in [5.74, 6) is 2.44. The van der Waals surface area contributed by atoms with Crippen LogP contribution in [0.3, 0.4) is 0 Å². The summed E-state index contributed by atoms with van der Waals surface area (Å²) in [4.78, 5) is 11.8. The molecule has 1 saturated heterocycles. The molecule has 1 saturated carbocycles. The van der Waals surface area contributed by atoms with Gasteiger partial charge in [-0.3, -0.25) is 0 Å². The first-order chi connectivity index (χ1) is 10.3. The van der Waals surface area contributed by atoms with Gasteiger partial charge in [0.15, 0.2) is 0 Å². The van der Waals surface area contributed by atoms with E-state index in [2.05, 4.69) is 22.9 Å². The van der Waals surface area contributed by atoms with Crippen molar-refractivity contribution < 1.29 is 4.79 Å². The van der Waals surface area contributed by atoms with Gasteiger partial charge in [0, 0.05) is 13.1 Å². The first-order valence-electron chi connectivity index (χ1n) is 8.98. The molecule has 4 heteroatoms. The third kappa shape index (κ3) is 6.25. The second-order valence-corrected chi connectivity index (χ2v) is 6.98. The summed E-state index contributed by atoms with van der Waals surface area (Å²) in [5.41, 5.74) is 0. The van der Waals surface area contributed by atoms with Gasteiger partial charge in [-0.2, -0.15) is 0 Å². The fraction of sp³-hybridized carbons (Fsp3) is 0.941. The Morgan fingerprint density at radius 2 is 1.67 bits per heavy atom. The second kappa shape index (κ2) is 9.29. The summed E-state index contributed by atoms with van der Waals surface area (Å²) in [5, 5.41) is 9.41. The Balaban J connectivity index is 1.49. The average molecular weight is 295 g/mol. The summed E-state index contributed by atoms with van der Waals surface area (Å²) >= 11 is 0. The summed E-state index contributed by atoms with van der Waals surface area (Å²) < 4.78 is 0. The monoisotopic (exact) mass is 295 g/mol. The Hall–Kier alpha value is -0.770. The van der Waals surface area contributed by atoms with Gasteiger partial charge >= 0.3 is 6.03 Å². The predicted molar refractivity (Wildman–Crippen MR) is 87.4 cm³/mol. The van der Waals surface area contributed by atoms with Crippen LogP contribution in [-0.2, 0) is 0 Å². The van der Waals surface area contributed by atoms with E-state index in [0.29, 0.717) is 0 Å². The molecule has 0 bridgehead atoms. The summed E-state index contributed by atoms with van der Waals surface area (Å²) in [7, 11) is 0. The fourth-order valence-corrected chi connectivity index (χ4v) is 3.82. The lowest BCUT2D eigenvalue weighted by Gasteiger charge is -2.28. The molecule has 3 N–H and O–H groups in total. The number of carbonyl (C=O) groups excluding carboxylic acids is 1. The highest BCUT2D eigenvalue weighted by molar-refractivity contribution is 5.73. The molecule has 2 amide bonds. The van der Waals surface area contributed by atoms with Gasteiger partial charge in [-0.15, -0.1) is 0 Å². The zero-order valence-electron chi connectivity index (χ0n) is 13.6. The number of nitrogens with one attached hydrogen (secondary N) is 3. The van der Waals surface area contributed by atoms with Gasteiger partial charge in [0.1, 0.15) is 0 Å². The maximum atomic E-state index is 11.8. The van der Waals surface area contributed by atoms with E-state index in [1.807, 2.05) is 0 Å². The summed E-state index contributed by atoms with van der Waals surface area (Å²) in [6.07, 6.45) is 10.2. The maximum absolute atomic E-state index is 11.8. The van der Waals surface area contributed by atoms with Gasteiger partial charge in [0.25, 0.3) is 0 Å². The van der Waals surface area contributed by atoms with Crippen molar-refractivity contribution >= 4 is 6.03 Å². The van der Waals surface area contributed by atoms with Crippen LogP contribution >= 0.6 is 0 Å². The minimum atomic E-state index is 0.0207. The standard InChI is InChI=1S/C17H33N3O/c1-14-4-2-3-5-16(14)9-13-20-17(21)19-12-8-15-6-10-18-11-7-15/h14-16,18H,2-13H2,1H3,(H2,19,20,21). The molecule has 0 aromatic heterocycles. The fourth-order valence-electron chi connectivity index (χ4n) is 3.82. The summed E-state index contributed by atoms with van der Waals surface area (Å²) in [6, 6.07) is 0.0207. The SMILES string of the molecule is CC1CCCCC1CCNC(=O)NCCC1CCNCC1. The predicted octanol–water partition coefficient (Wildman–Crippen LogP) is 2.89. The maximum Gasteiger partial charge on any atom is 0.314 e. The van der Waals surface area contributed by atoms with Crippen LogP contribution in [0.5, 0.6) is 0 Å². The van der Waals surface area contributed by atoms with Crippen molar-refractivity contribution in [3.8, 4) is 0 Å². The van der Waals surface area contributed by atoms with E-state index in [4.69, 9.17) is 0 Å². The Morgan fingerprint density at radius 1 is 1.00 bits per heavy atom. The van der Waals surface area contributed by atoms with Crippen molar-refractivity contribution in [1.82, 2.24) is 16.0 Å². The smallest absolute Gasteiger partial charge is 0.314 e. The minimum absolute atomic E-state index is 0.0207. The van der Waals surface area contributed by atoms with E-state index in [0.717, 1.165) is 56.8 Å². The molecule has 4 nitrogen and oxygen atoms in total. The van der Waals surface area contributed by atoms with Gasteiger partial charge in [0.2, 0.25) is 0 Å². The molecule has 0 radical (unpaired) electrons. The molecular formula is C17H33N3O. The zero-order valence-corrected chi connectivity index (χ0v) is 13.6. The Morgan fingerprint density at radius 3 is 2.38 bits per heavy atom. The lowest BCUT2D eigenvalue weighted by atomic mass is 9.79. The number of amides is 2. The minimum Gasteiger partial charge on any atom is -0.338 e. The molecule has 0 spiro atoms. The average Bonchev–Trinajstić information content (AvgIpc) is 2.50. The van der Waals surface area contributed by atoms with Crippen LogP contribution in [0.25, 0.3) is 0 Å². The van der Waals surface area contributed by atoms with Crippen LogP contribution in [0.15, 0.2) is 0 Å². The van der Waals surface area contributed by atoms with Gasteiger partial charge in [-0.1, -0.05) is 32.6 Å². The van der Waals surface area contributed by atoms with Crippen molar-refractivity contribution in [2.75, 3.05) is 26.2 Å². The molecule has 122 valence electrons. The molecule has 2 rings (SSSR count). The molecule has 21 heavy (non-hydrogen) atoms. The molecular weight excluding hydrogens is 262 g/mol.